The van der Waals surface area contributed by atoms with Gasteiger partial charge in [0.05, 0.1) is 11.3 Å². The van der Waals surface area contributed by atoms with Crippen molar-refractivity contribution in [3.8, 4) is 0 Å². The lowest BCUT2D eigenvalue weighted by Gasteiger charge is -2.19. The Morgan fingerprint density at radius 3 is 2.50 bits per heavy atom. The number of hydrogen-bond acceptors (Lipinski definition) is 5. The second-order valence-electron chi connectivity index (χ2n) is 5.20. The molecule has 7 heteroatoms. The highest BCUT2D eigenvalue weighted by atomic mass is 32.2. The fourth-order valence-electron chi connectivity index (χ4n) is 2.78. The summed E-state index contributed by atoms with van der Waals surface area (Å²) in [5, 5.41) is 13.1. The van der Waals surface area contributed by atoms with Crippen molar-refractivity contribution >= 4 is 27.1 Å². The Bertz CT molecular complexity index is 756. The number of carboxylic acids is 1. The van der Waals surface area contributed by atoms with E-state index in [-0.39, 0.29) is 10.6 Å². The first kappa shape index (κ1) is 15.2. The summed E-state index contributed by atoms with van der Waals surface area (Å²) in [6.45, 7) is 0. The van der Waals surface area contributed by atoms with Gasteiger partial charge in [-0.15, -0.1) is 11.3 Å². The van der Waals surface area contributed by atoms with E-state index in [4.69, 9.17) is 0 Å². The molecule has 5 nitrogen and oxygen atoms in total. The van der Waals surface area contributed by atoms with E-state index in [1.54, 1.807) is 17.5 Å². The number of carboxylic acid groups (broad SMARTS) is 1. The molecular weight excluding hydrogens is 322 g/mol. The van der Waals surface area contributed by atoms with Crippen LogP contribution in [0.25, 0.3) is 0 Å². The van der Waals surface area contributed by atoms with Gasteiger partial charge in [-0.3, -0.25) is 10.1 Å². The molecular formula is C15H15NO4S2. The Hall–Kier alpha value is -1.70. The highest BCUT2D eigenvalue weighted by molar-refractivity contribution is 7.94. The van der Waals surface area contributed by atoms with E-state index in [0.717, 1.165) is 16.9 Å². The van der Waals surface area contributed by atoms with E-state index in [1.165, 1.54) is 0 Å². The number of sulfone groups is 1. The second kappa shape index (κ2) is 5.83. The zero-order valence-corrected chi connectivity index (χ0v) is 13.2. The molecule has 2 heterocycles. The predicted octanol–water partition coefficient (Wildman–Crippen LogP) is 2.08. The van der Waals surface area contributed by atoms with Crippen LogP contribution in [0.15, 0.2) is 52.1 Å². The van der Waals surface area contributed by atoms with Crippen LogP contribution >= 0.6 is 11.3 Å². The largest absolute Gasteiger partial charge is 0.480 e. The number of nitrogens with one attached hydrogen (secondary N) is 1. The van der Waals surface area contributed by atoms with Crippen molar-refractivity contribution in [1.29, 1.82) is 0 Å². The second-order valence-corrected chi connectivity index (χ2v) is 8.54. The van der Waals surface area contributed by atoms with Gasteiger partial charge in [0.25, 0.3) is 0 Å². The van der Waals surface area contributed by atoms with Crippen LogP contribution in [0.5, 0.6) is 0 Å². The fraction of sp³-hybridized carbons (Fsp3) is 0.267. The maximum Gasteiger partial charge on any atom is 0.320 e. The zero-order valence-electron chi connectivity index (χ0n) is 11.5. The van der Waals surface area contributed by atoms with Gasteiger partial charge in [0.2, 0.25) is 0 Å². The van der Waals surface area contributed by atoms with Gasteiger partial charge in [-0.05, 0) is 23.4 Å². The first-order chi connectivity index (χ1) is 10.5. The predicted molar refractivity (Wildman–Crippen MR) is 83.7 cm³/mol. The van der Waals surface area contributed by atoms with Gasteiger partial charge >= 0.3 is 5.97 Å². The topological polar surface area (TPSA) is 83.5 Å². The summed E-state index contributed by atoms with van der Waals surface area (Å²) in [6.07, 6.45) is 0.0646. The quantitative estimate of drug-likeness (QED) is 0.892. The van der Waals surface area contributed by atoms with Crippen molar-refractivity contribution in [3.05, 3.63) is 53.4 Å². The minimum absolute atomic E-state index is 0.0646. The summed E-state index contributed by atoms with van der Waals surface area (Å²) in [4.78, 5) is 11.3. The van der Waals surface area contributed by atoms with Crippen LogP contribution in [-0.4, -0.2) is 30.8 Å². The van der Waals surface area contributed by atoms with Gasteiger partial charge in [0, 0.05) is 0 Å². The molecule has 0 unspecified atom stereocenters. The van der Waals surface area contributed by atoms with Crippen LogP contribution < -0.4 is 5.32 Å². The summed E-state index contributed by atoms with van der Waals surface area (Å²) < 4.78 is 25.9. The third-order valence-corrected chi connectivity index (χ3v) is 7.46. The SMILES string of the molecule is O=C(O)[C@H]1C[C@H](S(=O)(=O)c2cccs2)[C@@H](c2ccccc2)N1. The van der Waals surface area contributed by atoms with Gasteiger partial charge < -0.3 is 5.11 Å². The van der Waals surface area contributed by atoms with Crippen molar-refractivity contribution in [1.82, 2.24) is 5.32 Å². The first-order valence-corrected chi connectivity index (χ1v) is 9.24. The van der Waals surface area contributed by atoms with Crippen LogP contribution in [-0.2, 0) is 14.6 Å². The van der Waals surface area contributed by atoms with E-state index < -0.39 is 33.1 Å². The fourth-order valence-corrected chi connectivity index (χ4v) is 5.91. The maximum atomic E-state index is 12.8. The number of carbonyl (C=O) groups is 1. The molecule has 1 aliphatic heterocycles. The minimum atomic E-state index is -3.57. The molecule has 1 aromatic carbocycles. The summed E-state index contributed by atoms with van der Waals surface area (Å²) in [7, 11) is -3.57. The average molecular weight is 337 g/mol. The average Bonchev–Trinajstić information content (AvgIpc) is 3.18. The Kier molecular flexibility index (Phi) is 4.03. The molecule has 0 saturated carbocycles. The third-order valence-electron chi connectivity index (χ3n) is 3.85. The summed E-state index contributed by atoms with van der Waals surface area (Å²) in [5.41, 5.74) is 0.788. The number of thiophene rings is 1. The Labute approximate surface area is 132 Å². The van der Waals surface area contributed by atoms with Crippen molar-refractivity contribution in [3.63, 3.8) is 0 Å². The van der Waals surface area contributed by atoms with E-state index >= 15 is 0 Å². The lowest BCUT2D eigenvalue weighted by molar-refractivity contribution is -0.139. The van der Waals surface area contributed by atoms with Gasteiger partial charge in [-0.2, -0.15) is 0 Å². The Morgan fingerprint density at radius 1 is 1.18 bits per heavy atom. The molecule has 2 N–H and O–H groups in total. The zero-order chi connectivity index (χ0) is 15.7. The van der Waals surface area contributed by atoms with E-state index in [0.29, 0.717) is 0 Å². The number of hydrogen-bond donors (Lipinski definition) is 2. The Balaban J connectivity index is 2.01. The van der Waals surface area contributed by atoms with E-state index in [2.05, 4.69) is 5.32 Å². The Morgan fingerprint density at radius 2 is 1.91 bits per heavy atom. The highest BCUT2D eigenvalue weighted by Gasteiger charge is 2.45. The standard InChI is InChI=1S/C15H15NO4S2/c17-15(18)11-9-12(22(19,20)13-7-4-8-21-13)14(16-11)10-5-2-1-3-6-10/h1-8,11-12,14,16H,9H2,(H,17,18)/t11-,12+,14-/m1/s1. The molecule has 0 aliphatic carbocycles. The summed E-state index contributed by atoms with van der Waals surface area (Å²) >= 11 is 1.16. The molecule has 3 rings (SSSR count). The molecule has 3 atom stereocenters. The highest BCUT2D eigenvalue weighted by Crippen LogP contribution is 2.36. The summed E-state index contributed by atoms with van der Waals surface area (Å²) in [5.74, 6) is -1.02. The smallest absolute Gasteiger partial charge is 0.320 e. The van der Waals surface area contributed by atoms with Crippen molar-refractivity contribution in [2.45, 2.75) is 28.0 Å². The first-order valence-electron chi connectivity index (χ1n) is 6.81. The van der Waals surface area contributed by atoms with Crippen molar-refractivity contribution in [2.75, 3.05) is 0 Å². The molecule has 1 aliphatic rings. The van der Waals surface area contributed by atoms with Crippen molar-refractivity contribution in [2.24, 2.45) is 0 Å². The minimum Gasteiger partial charge on any atom is -0.480 e. The normalized spacial score (nSPS) is 25.2. The van der Waals surface area contributed by atoms with Gasteiger partial charge in [-0.1, -0.05) is 36.4 Å². The van der Waals surface area contributed by atoms with Crippen LogP contribution in [0.2, 0.25) is 0 Å². The molecule has 0 amide bonds. The van der Waals surface area contributed by atoms with Gasteiger partial charge in [0.1, 0.15) is 10.3 Å². The molecule has 1 fully saturated rings. The molecule has 1 saturated heterocycles. The lowest BCUT2D eigenvalue weighted by Crippen LogP contribution is -2.32. The monoisotopic (exact) mass is 337 g/mol. The lowest BCUT2D eigenvalue weighted by atomic mass is 10.1. The van der Waals surface area contributed by atoms with Crippen LogP contribution in [0, 0.1) is 0 Å². The van der Waals surface area contributed by atoms with E-state index in [9.17, 15) is 18.3 Å². The molecule has 116 valence electrons. The number of rotatable bonds is 4. The molecule has 0 bridgehead atoms. The van der Waals surface area contributed by atoms with Gasteiger partial charge in [0.15, 0.2) is 9.84 Å². The molecule has 22 heavy (non-hydrogen) atoms. The maximum absolute atomic E-state index is 12.8. The molecule has 1 aromatic heterocycles. The van der Waals surface area contributed by atoms with Crippen LogP contribution in [0.3, 0.4) is 0 Å². The van der Waals surface area contributed by atoms with Gasteiger partial charge in [-0.25, -0.2) is 8.42 Å². The molecule has 0 radical (unpaired) electrons. The van der Waals surface area contributed by atoms with E-state index in [1.807, 2.05) is 30.3 Å². The van der Waals surface area contributed by atoms with Crippen LogP contribution in [0.1, 0.15) is 18.0 Å². The van der Waals surface area contributed by atoms with Crippen molar-refractivity contribution < 1.29 is 18.3 Å². The third kappa shape index (κ3) is 2.67. The van der Waals surface area contributed by atoms with Crippen LogP contribution in [0.4, 0.5) is 0 Å². The molecule has 0 spiro atoms. The summed E-state index contributed by atoms with van der Waals surface area (Å²) in [6, 6.07) is 11.0. The molecule has 2 aromatic rings. The number of aliphatic carboxylic acids is 1. The number of benzene rings is 1.